The SMILES string of the molecule is CC(/C=C(\[O-])c1ccccc1)=Nc1ccc(C)cc1.CC(/C=C(\[O-])c1ccccc1)=Nc1ccc(C)cc1.[Co+2]. The van der Waals surface area contributed by atoms with Gasteiger partial charge in [0.25, 0.3) is 0 Å². The number of aryl methyl sites for hydroxylation is 2. The summed E-state index contributed by atoms with van der Waals surface area (Å²) in [6.07, 6.45) is 3.13. The molecule has 0 bridgehead atoms. The predicted octanol–water partition coefficient (Wildman–Crippen LogP) is 6.98. The van der Waals surface area contributed by atoms with Crippen LogP contribution in [0.2, 0.25) is 0 Å². The smallest absolute Gasteiger partial charge is 0.872 e. The molecule has 0 spiro atoms. The molecule has 0 amide bonds. The van der Waals surface area contributed by atoms with Crippen molar-refractivity contribution >= 4 is 34.3 Å². The Bertz CT molecular complexity index is 1310. The van der Waals surface area contributed by atoms with Crippen LogP contribution in [0.5, 0.6) is 0 Å². The summed E-state index contributed by atoms with van der Waals surface area (Å²) in [5.41, 5.74) is 6.89. The molecule has 0 atom stereocenters. The van der Waals surface area contributed by atoms with Crippen LogP contribution in [0.25, 0.3) is 11.5 Å². The molecule has 0 unspecified atom stereocenters. The average molecular weight is 560 g/mol. The van der Waals surface area contributed by atoms with E-state index in [1.807, 2.05) is 113 Å². The van der Waals surface area contributed by atoms with E-state index in [1.54, 1.807) is 36.4 Å². The van der Waals surface area contributed by atoms with Crippen LogP contribution in [0.3, 0.4) is 0 Å². The summed E-state index contributed by atoms with van der Waals surface area (Å²) in [4.78, 5) is 8.81. The number of hydrogen-bond acceptors (Lipinski definition) is 4. The Morgan fingerprint density at radius 1 is 0.513 bits per heavy atom. The van der Waals surface area contributed by atoms with Crippen LogP contribution in [-0.2, 0) is 16.8 Å². The summed E-state index contributed by atoms with van der Waals surface area (Å²) in [5, 5.41) is 23.9. The summed E-state index contributed by atoms with van der Waals surface area (Å²) in [7, 11) is 0. The van der Waals surface area contributed by atoms with E-state index in [-0.39, 0.29) is 28.3 Å². The Hall–Kier alpha value is -4.19. The third-order valence-electron chi connectivity index (χ3n) is 5.48. The topological polar surface area (TPSA) is 70.8 Å². The van der Waals surface area contributed by atoms with Gasteiger partial charge in [0.1, 0.15) is 0 Å². The molecule has 4 aromatic carbocycles. The number of rotatable bonds is 6. The van der Waals surface area contributed by atoms with Crippen molar-refractivity contribution in [2.45, 2.75) is 27.7 Å². The summed E-state index contributed by atoms with van der Waals surface area (Å²) in [6.45, 7) is 7.73. The fraction of sp³-hybridized carbons (Fsp3) is 0.118. The van der Waals surface area contributed by atoms with Crippen molar-refractivity contribution in [3.8, 4) is 0 Å². The fourth-order valence-electron chi connectivity index (χ4n) is 3.46. The molecule has 4 aromatic rings. The van der Waals surface area contributed by atoms with Gasteiger partial charge in [0.05, 0.1) is 11.4 Å². The van der Waals surface area contributed by atoms with E-state index < -0.39 is 0 Å². The van der Waals surface area contributed by atoms with Gasteiger partial charge in [0.15, 0.2) is 0 Å². The minimum Gasteiger partial charge on any atom is -0.872 e. The van der Waals surface area contributed by atoms with Crippen LogP contribution in [-0.4, -0.2) is 11.4 Å². The zero-order valence-corrected chi connectivity index (χ0v) is 23.6. The third kappa shape index (κ3) is 11.0. The van der Waals surface area contributed by atoms with E-state index >= 15 is 0 Å². The number of benzene rings is 4. The Kier molecular flexibility index (Phi) is 12.7. The van der Waals surface area contributed by atoms with Crippen molar-refractivity contribution in [3.63, 3.8) is 0 Å². The van der Waals surface area contributed by atoms with Crippen LogP contribution in [0.1, 0.15) is 36.1 Å². The molecule has 0 aromatic heterocycles. The van der Waals surface area contributed by atoms with E-state index in [0.717, 1.165) is 11.4 Å². The first-order valence-corrected chi connectivity index (χ1v) is 12.4. The van der Waals surface area contributed by atoms with Gasteiger partial charge in [-0.1, -0.05) is 108 Å². The van der Waals surface area contributed by atoms with Crippen molar-refractivity contribution in [2.75, 3.05) is 0 Å². The molecule has 0 aliphatic rings. The molecule has 0 saturated heterocycles. The van der Waals surface area contributed by atoms with Gasteiger partial charge in [-0.15, -0.1) is 0 Å². The number of aliphatic imine (C=N–C) groups is 2. The zero-order valence-electron chi connectivity index (χ0n) is 22.6. The van der Waals surface area contributed by atoms with Crippen LogP contribution >= 0.6 is 0 Å². The standard InChI is InChI=1S/2C17H17NO.Co/c2*1-13-8-10-16(11-9-13)18-14(2)12-17(19)15-6-4-3-5-7-15;/h2*3-12,19H,1-2H3;/q;;+2/p-2/b2*17-12-,18-14?;. The molecule has 0 heterocycles. The summed E-state index contributed by atoms with van der Waals surface area (Å²) < 4.78 is 0. The van der Waals surface area contributed by atoms with Crippen LogP contribution < -0.4 is 10.2 Å². The van der Waals surface area contributed by atoms with Gasteiger partial charge in [0, 0.05) is 11.4 Å². The van der Waals surface area contributed by atoms with Crippen molar-refractivity contribution in [1.29, 1.82) is 0 Å². The predicted molar refractivity (Wildman–Crippen MR) is 157 cm³/mol. The molecule has 0 aliphatic carbocycles. The van der Waals surface area contributed by atoms with Gasteiger partial charge in [0.2, 0.25) is 0 Å². The van der Waals surface area contributed by atoms with Crippen LogP contribution in [0.4, 0.5) is 11.4 Å². The summed E-state index contributed by atoms with van der Waals surface area (Å²) in [5.74, 6) is -0.0390. The molecule has 5 heteroatoms. The Morgan fingerprint density at radius 2 is 0.821 bits per heavy atom. The molecule has 0 saturated carbocycles. The maximum absolute atomic E-state index is 12.0. The van der Waals surface area contributed by atoms with E-state index in [1.165, 1.54) is 11.1 Å². The number of allylic oxidation sites excluding steroid dienone is 2. The maximum atomic E-state index is 12.0. The second kappa shape index (κ2) is 15.9. The Morgan fingerprint density at radius 3 is 1.13 bits per heavy atom. The average Bonchev–Trinajstić information content (AvgIpc) is 2.92. The van der Waals surface area contributed by atoms with Crippen molar-refractivity contribution in [2.24, 2.45) is 9.98 Å². The molecular weight excluding hydrogens is 527 g/mol. The normalized spacial score (nSPS) is 12.2. The van der Waals surface area contributed by atoms with E-state index in [9.17, 15) is 10.2 Å². The quantitative estimate of drug-likeness (QED) is 0.189. The summed E-state index contributed by atoms with van der Waals surface area (Å²) >= 11 is 0. The number of nitrogens with zero attached hydrogens (tertiary/aromatic N) is 2. The minimum atomic E-state index is -0.0195. The molecule has 39 heavy (non-hydrogen) atoms. The second-order valence-electron chi connectivity index (χ2n) is 8.93. The molecular formula is C34H32CoN2O2. The Labute approximate surface area is 242 Å². The van der Waals surface area contributed by atoms with Gasteiger partial charge in [-0.25, -0.2) is 0 Å². The van der Waals surface area contributed by atoms with E-state index in [4.69, 9.17) is 0 Å². The van der Waals surface area contributed by atoms with Crippen LogP contribution in [0.15, 0.2) is 131 Å². The van der Waals surface area contributed by atoms with Gasteiger partial charge in [-0.3, -0.25) is 9.98 Å². The van der Waals surface area contributed by atoms with Gasteiger partial charge in [-0.2, -0.15) is 0 Å². The molecule has 199 valence electrons. The largest absolute Gasteiger partial charge is 2.00 e. The van der Waals surface area contributed by atoms with Gasteiger partial charge in [-0.05, 0) is 75.2 Å². The van der Waals surface area contributed by atoms with E-state index in [2.05, 4.69) is 9.98 Å². The molecule has 1 radical (unpaired) electrons. The molecule has 4 nitrogen and oxygen atoms in total. The first-order valence-electron chi connectivity index (χ1n) is 12.4. The first-order chi connectivity index (χ1) is 18.3. The van der Waals surface area contributed by atoms with Crippen molar-refractivity contribution < 1.29 is 27.0 Å². The first kappa shape index (κ1) is 31.0. The molecule has 0 fully saturated rings. The Balaban J connectivity index is 0.000000267. The number of hydrogen-bond donors (Lipinski definition) is 0. The monoisotopic (exact) mass is 559 g/mol. The van der Waals surface area contributed by atoms with E-state index in [0.29, 0.717) is 22.6 Å². The molecule has 0 aliphatic heterocycles. The van der Waals surface area contributed by atoms with Gasteiger partial charge < -0.3 is 10.2 Å². The second-order valence-corrected chi connectivity index (χ2v) is 8.93. The fourth-order valence-corrected chi connectivity index (χ4v) is 3.46. The van der Waals surface area contributed by atoms with Crippen molar-refractivity contribution in [1.82, 2.24) is 0 Å². The van der Waals surface area contributed by atoms with Gasteiger partial charge >= 0.3 is 16.8 Å². The molecule has 4 rings (SSSR count). The zero-order chi connectivity index (χ0) is 27.3. The molecule has 0 N–H and O–H groups in total. The maximum Gasteiger partial charge on any atom is 2.00 e. The third-order valence-corrected chi connectivity index (χ3v) is 5.48. The van der Waals surface area contributed by atoms with Crippen LogP contribution in [0, 0.1) is 13.8 Å². The van der Waals surface area contributed by atoms with Crippen molar-refractivity contribution in [3.05, 3.63) is 144 Å². The summed E-state index contributed by atoms with van der Waals surface area (Å²) in [6, 6.07) is 34.2. The minimum absolute atomic E-state index is 0.